The van der Waals surface area contributed by atoms with Gasteiger partial charge in [-0.1, -0.05) is 13.8 Å². The van der Waals surface area contributed by atoms with Gasteiger partial charge in [0.25, 0.3) is 0 Å². The molecule has 0 aromatic heterocycles. The second kappa shape index (κ2) is 4.55. The summed E-state index contributed by atoms with van der Waals surface area (Å²) in [6.07, 6.45) is 0. The largest absolute Gasteiger partial charge is 0.508 e. The van der Waals surface area contributed by atoms with Crippen molar-refractivity contribution in [3.05, 3.63) is 24.0 Å². The number of nitrogens with two attached hydrogens (primary N) is 1. The van der Waals surface area contributed by atoms with Crippen LogP contribution in [0, 0.1) is 5.82 Å². The van der Waals surface area contributed by atoms with Crippen molar-refractivity contribution in [1.29, 1.82) is 0 Å². The zero-order chi connectivity index (χ0) is 8.85. The predicted octanol–water partition coefficient (Wildman–Crippen LogP) is 2.14. The minimum absolute atomic E-state index is 0.0489. The van der Waals surface area contributed by atoms with E-state index in [1.807, 2.05) is 13.8 Å². The lowest BCUT2D eigenvalue weighted by molar-refractivity contribution is 0.469. The van der Waals surface area contributed by atoms with Crippen LogP contribution in [0.1, 0.15) is 13.8 Å². The summed E-state index contributed by atoms with van der Waals surface area (Å²) in [6, 6.07) is 3.61. The van der Waals surface area contributed by atoms with E-state index in [2.05, 4.69) is 0 Å². The number of phenolic OH excluding ortho intramolecular Hbond substituents is 1. The van der Waals surface area contributed by atoms with E-state index in [0.717, 1.165) is 6.07 Å². The van der Waals surface area contributed by atoms with Crippen molar-refractivity contribution in [2.75, 3.05) is 5.73 Å². The molecule has 0 fully saturated rings. The van der Waals surface area contributed by atoms with E-state index in [1.165, 1.54) is 12.1 Å². The van der Waals surface area contributed by atoms with E-state index >= 15 is 0 Å². The van der Waals surface area contributed by atoms with Crippen molar-refractivity contribution >= 4 is 5.69 Å². The summed E-state index contributed by atoms with van der Waals surface area (Å²) in [4.78, 5) is 0. The number of nitrogen functional groups attached to an aromatic ring is 1. The fourth-order valence-corrected chi connectivity index (χ4v) is 0.516. The van der Waals surface area contributed by atoms with Gasteiger partial charge in [-0.3, -0.25) is 0 Å². The summed E-state index contributed by atoms with van der Waals surface area (Å²) in [5.74, 6) is -0.697. The third-order valence-corrected chi connectivity index (χ3v) is 0.984. The van der Waals surface area contributed by atoms with Crippen molar-refractivity contribution in [2.45, 2.75) is 13.8 Å². The van der Waals surface area contributed by atoms with Crippen molar-refractivity contribution in [3.63, 3.8) is 0 Å². The van der Waals surface area contributed by atoms with Crippen molar-refractivity contribution in [3.8, 4) is 5.75 Å². The Hall–Kier alpha value is -1.25. The van der Waals surface area contributed by atoms with Gasteiger partial charge in [-0.15, -0.1) is 0 Å². The predicted molar refractivity (Wildman–Crippen MR) is 43.8 cm³/mol. The Labute approximate surface area is 65.5 Å². The fraction of sp³-hybridized carbons (Fsp3) is 0.250. The van der Waals surface area contributed by atoms with E-state index in [1.54, 1.807) is 0 Å². The summed E-state index contributed by atoms with van der Waals surface area (Å²) in [5.41, 5.74) is 5.15. The zero-order valence-electron chi connectivity index (χ0n) is 6.63. The number of phenols is 1. The summed E-state index contributed by atoms with van der Waals surface area (Å²) >= 11 is 0. The van der Waals surface area contributed by atoms with Gasteiger partial charge in [0.2, 0.25) is 0 Å². The molecule has 0 saturated heterocycles. The molecule has 1 rings (SSSR count). The molecular formula is C8H12FNO. The Bertz CT molecular complexity index is 225. The Morgan fingerprint density at radius 1 is 1.36 bits per heavy atom. The molecule has 0 bridgehead atoms. The van der Waals surface area contributed by atoms with Gasteiger partial charge in [0.1, 0.15) is 11.6 Å². The highest BCUT2D eigenvalue weighted by atomic mass is 19.1. The highest BCUT2D eigenvalue weighted by molar-refractivity contribution is 5.42. The van der Waals surface area contributed by atoms with Crippen LogP contribution >= 0.6 is 0 Å². The number of benzene rings is 1. The molecule has 0 saturated carbocycles. The maximum absolute atomic E-state index is 12.3. The molecule has 0 radical (unpaired) electrons. The van der Waals surface area contributed by atoms with Crippen LogP contribution in [0.2, 0.25) is 0 Å². The number of hydrogen-bond donors (Lipinski definition) is 2. The molecular weight excluding hydrogens is 145 g/mol. The summed E-state index contributed by atoms with van der Waals surface area (Å²) < 4.78 is 12.3. The van der Waals surface area contributed by atoms with E-state index < -0.39 is 5.82 Å². The third kappa shape index (κ3) is 2.89. The molecule has 3 heteroatoms. The first-order valence-electron chi connectivity index (χ1n) is 3.44. The second-order valence-corrected chi connectivity index (χ2v) is 1.71. The molecule has 3 N–H and O–H groups in total. The summed E-state index contributed by atoms with van der Waals surface area (Å²) in [6.45, 7) is 4.00. The first-order chi connectivity index (χ1) is 5.20. The van der Waals surface area contributed by atoms with E-state index in [0.29, 0.717) is 0 Å². The van der Waals surface area contributed by atoms with Crippen LogP contribution in [-0.2, 0) is 0 Å². The smallest absolute Gasteiger partial charge is 0.149 e. The topological polar surface area (TPSA) is 46.2 Å². The van der Waals surface area contributed by atoms with Crippen LogP contribution in [0.15, 0.2) is 18.2 Å². The van der Waals surface area contributed by atoms with Crippen LogP contribution in [0.4, 0.5) is 10.1 Å². The van der Waals surface area contributed by atoms with Gasteiger partial charge in [-0.05, 0) is 12.1 Å². The molecule has 0 unspecified atom stereocenters. The molecule has 0 heterocycles. The normalized spacial score (nSPS) is 8.27. The lowest BCUT2D eigenvalue weighted by Crippen LogP contribution is -1.87. The molecule has 1 aromatic rings. The molecule has 2 nitrogen and oxygen atoms in total. The van der Waals surface area contributed by atoms with Crippen molar-refractivity contribution in [2.24, 2.45) is 0 Å². The molecule has 0 atom stereocenters. The Balaban J connectivity index is 0.000000461. The van der Waals surface area contributed by atoms with E-state index in [-0.39, 0.29) is 11.4 Å². The quantitative estimate of drug-likeness (QED) is 0.447. The maximum Gasteiger partial charge on any atom is 0.149 e. The standard InChI is InChI=1S/C6H6FNO.C2H6/c7-5-3-4(9)1-2-6(5)8;1-2/h1-3,9H,8H2;1-2H3. The van der Waals surface area contributed by atoms with Gasteiger partial charge >= 0.3 is 0 Å². The van der Waals surface area contributed by atoms with E-state index in [4.69, 9.17) is 10.8 Å². The highest BCUT2D eigenvalue weighted by Gasteiger charge is 1.95. The van der Waals surface area contributed by atoms with Crippen LogP contribution in [0.5, 0.6) is 5.75 Å². The number of halogens is 1. The van der Waals surface area contributed by atoms with Crippen LogP contribution in [-0.4, -0.2) is 5.11 Å². The maximum atomic E-state index is 12.3. The molecule has 62 valence electrons. The van der Waals surface area contributed by atoms with E-state index in [9.17, 15) is 4.39 Å². The van der Waals surface area contributed by atoms with Crippen LogP contribution in [0.3, 0.4) is 0 Å². The zero-order valence-corrected chi connectivity index (χ0v) is 6.63. The molecule has 0 aliphatic rings. The molecule has 0 aliphatic heterocycles. The van der Waals surface area contributed by atoms with Crippen molar-refractivity contribution < 1.29 is 9.50 Å². The van der Waals surface area contributed by atoms with Crippen LogP contribution in [0.25, 0.3) is 0 Å². The number of rotatable bonds is 0. The third-order valence-electron chi connectivity index (χ3n) is 0.984. The molecule has 1 aromatic carbocycles. The van der Waals surface area contributed by atoms with Gasteiger partial charge in [-0.25, -0.2) is 4.39 Å². The first kappa shape index (κ1) is 9.75. The Morgan fingerprint density at radius 3 is 2.27 bits per heavy atom. The molecule has 11 heavy (non-hydrogen) atoms. The molecule has 0 spiro atoms. The van der Waals surface area contributed by atoms with Gasteiger partial charge in [0, 0.05) is 6.07 Å². The molecule has 0 aliphatic carbocycles. The minimum atomic E-state index is -0.588. The monoisotopic (exact) mass is 157 g/mol. The fourth-order valence-electron chi connectivity index (χ4n) is 0.516. The Morgan fingerprint density at radius 2 is 1.91 bits per heavy atom. The average molecular weight is 157 g/mol. The van der Waals surface area contributed by atoms with Crippen molar-refractivity contribution in [1.82, 2.24) is 0 Å². The number of anilines is 1. The summed E-state index contributed by atoms with van der Waals surface area (Å²) in [5, 5.41) is 8.64. The SMILES string of the molecule is CC.Nc1ccc(O)cc1F. The minimum Gasteiger partial charge on any atom is -0.508 e. The lowest BCUT2D eigenvalue weighted by atomic mass is 10.3. The van der Waals surface area contributed by atoms with Gasteiger partial charge < -0.3 is 10.8 Å². The second-order valence-electron chi connectivity index (χ2n) is 1.71. The van der Waals surface area contributed by atoms with Gasteiger partial charge in [0.15, 0.2) is 0 Å². The van der Waals surface area contributed by atoms with Gasteiger partial charge in [-0.2, -0.15) is 0 Å². The summed E-state index contributed by atoms with van der Waals surface area (Å²) in [7, 11) is 0. The van der Waals surface area contributed by atoms with Gasteiger partial charge in [0.05, 0.1) is 5.69 Å². The first-order valence-corrected chi connectivity index (χ1v) is 3.44. The Kier molecular flexibility index (Phi) is 4.03. The number of aromatic hydroxyl groups is 1. The average Bonchev–Trinajstić information content (AvgIpc) is 2.02. The highest BCUT2D eigenvalue weighted by Crippen LogP contribution is 2.15. The number of hydrogen-bond acceptors (Lipinski definition) is 2. The lowest BCUT2D eigenvalue weighted by Gasteiger charge is -1.94. The molecule has 0 amide bonds. The van der Waals surface area contributed by atoms with Crippen LogP contribution < -0.4 is 5.73 Å².